The van der Waals surface area contributed by atoms with E-state index in [9.17, 15) is 29.7 Å². The zero-order valence-electron chi connectivity index (χ0n) is 4.55. The SMILES string of the molecule is O=S(F)NS(=O)(=O)C(F)(F)F. The van der Waals surface area contributed by atoms with Crippen LogP contribution >= 0.6 is 0 Å². The first kappa shape index (κ1) is 10.8. The highest BCUT2D eigenvalue weighted by Crippen LogP contribution is 2.21. The van der Waals surface area contributed by atoms with Gasteiger partial charge in [-0.3, -0.25) is 0 Å². The maximum Gasteiger partial charge on any atom is 0.512 e. The van der Waals surface area contributed by atoms with E-state index >= 15 is 0 Å². The van der Waals surface area contributed by atoms with E-state index in [4.69, 9.17) is 0 Å². The topological polar surface area (TPSA) is 63.2 Å². The van der Waals surface area contributed by atoms with Crippen LogP contribution in [-0.2, 0) is 21.4 Å². The van der Waals surface area contributed by atoms with E-state index in [0.717, 1.165) is 0 Å². The van der Waals surface area contributed by atoms with Crippen molar-refractivity contribution < 1.29 is 29.7 Å². The summed E-state index contributed by atoms with van der Waals surface area (Å²) >= 11 is -3.74. The quantitative estimate of drug-likeness (QED) is 0.519. The van der Waals surface area contributed by atoms with Crippen molar-refractivity contribution in [1.29, 1.82) is 0 Å². The lowest BCUT2D eigenvalue weighted by molar-refractivity contribution is -0.0441. The van der Waals surface area contributed by atoms with E-state index < -0.39 is 26.9 Å². The largest absolute Gasteiger partial charge is 0.512 e. The van der Waals surface area contributed by atoms with Gasteiger partial charge in [0.2, 0.25) is 0 Å². The first-order valence-corrected chi connectivity index (χ1v) is 4.37. The van der Waals surface area contributed by atoms with Crippen LogP contribution in [0.15, 0.2) is 0 Å². The monoisotopic (exact) mass is 215 g/mol. The van der Waals surface area contributed by atoms with Crippen LogP contribution < -0.4 is 4.13 Å². The van der Waals surface area contributed by atoms with Gasteiger partial charge in [-0.2, -0.15) is 13.2 Å². The molecule has 0 aliphatic heterocycles. The van der Waals surface area contributed by atoms with E-state index in [1.165, 1.54) is 0 Å². The molecular formula is CHF4NO3S2. The summed E-state index contributed by atoms with van der Waals surface area (Å²) in [5.74, 6) is 0. The molecule has 68 valence electrons. The van der Waals surface area contributed by atoms with E-state index in [0.29, 0.717) is 0 Å². The Balaban J connectivity index is 4.64. The Kier molecular flexibility index (Phi) is 2.97. The van der Waals surface area contributed by atoms with Crippen LogP contribution in [0, 0.1) is 0 Å². The number of sulfonamides is 1. The second kappa shape index (κ2) is 3.03. The normalized spacial score (nSPS) is 16.4. The molecule has 0 saturated carbocycles. The third-order valence-electron chi connectivity index (χ3n) is 0.480. The van der Waals surface area contributed by atoms with Gasteiger partial charge in [-0.15, -0.1) is 3.89 Å². The molecule has 0 aromatic carbocycles. The molecule has 1 atom stereocenters. The van der Waals surface area contributed by atoms with Crippen molar-refractivity contribution in [2.75, 3.05) is 0 Å². The van der Waals surface area contributed by atoms with Gasteiger partial charge in [-0.1, -0.05) is 4.13 Å². The van der Waals surface area contributed by atoms with Gasteiger partial charge in [0.25, 0.3) is 11.4 Å². The van der Waals surface area contributed by atoms with Crippen molar-refractivity contribution in [1.82, 2.24) is 4.13 Å². The molecule has 0 aromatic rings. The number of nitrogens with one attached hydrogen (secondary N) is 1. The number of alkyl halides is 3. The predicted octanol–water partition coefficient (Wildman–Crippen LogP) is -0.0262. The first-order valence-electron chi connectivity index (χ1n) is 1.83. The highest BCUT2D eigenvalue weighted by molar-refractivity contribution is 8.00. The Labute approximate surface area is 61.5 Å². The summed E-state index contributed by atoms with van der Waals surface area (Å²) < 4.78 is 74.1. The molecule has 1 unspecified atom stereocenters. The maximum atomic E-state index is 11.2. The predicted molar refractivity (Wildman–Crippen MR) is 27.4 cm³/mol. The van der Waals surface area contributed by atoms with Gasteiger partial charge in [0, 0.05) is 0 Å². The van der Waals surface area contributed by atoms with Gasteiger partial charge in [0.1, 0.15) is 0 Å². The molecule has 10 heteroatoms. The fourth-order valence-corrected chi connectivity index (χ4v) is 1.20. The molecular weight excluding hydrogens is 214 g/mol. The summed E-state index contributed by atoms with van der Waals surface area (Å²) in [7, 11) is -5.82. The molecule has 0 bridgehead atoms. The summed E-state index contributed by atoms with van der Waals surface area (Å²) in [5, 5.41) is 0. The van der Waals surface area contributed by atoms with Gasteiger partial charge in [0.05, 0.1) is 0 Å². The van der Waals surface area contributed by atoms with Crippen LogP contribution in [0.25, 0.3) is 0 Å². The minimum atomic E-state index is -5.82. The van der Waals surface area contributed by atoms with E-state index in [-0.39, 0.29) is 4.13 Å². The minimum Gasteiger partial charge on any atom is -0.206 e. The molecule has 0 aliphatic carbocycles. The van der Waals surface area contributed by atoms with Gasteiger partial charge in [0.15, 0.2) is 0 Å². The Hall–Kier alpha value is -0.220. The lowest BCUT2D eigenvalue weighted by atomic mass is 11.6. The van der Waals surface area contributed by atoms with Gasteiger partial charge < -0.3 is 0 Å². The number of hydrogen-bond donors (Lipinski definition) is 1. The third kappa shape index (κ3) is 3.12. The summed E-state index contributed by atoms with van der Waals surface area (Å²) in [6.45, 7) is 0. The molecule has 0 fully saturated rings. The van der Waals surface area contributed by atoms with Crippen molar-refractivity contribution in [2.45, 2.75) is 5.51 Å². The number of hydrogen-bond acceptors (Lipinski definition) is 3. The highest BCUT2D eigenvalue weighted by atomic mass is 32.3. The van der Waals surface area contributed by atoms with Crippen molar-refractivity contribution in [2.24, 2.45) is 0 Å². The van der Waals surface area contributed by atoms with Crippen LogP contribution in [0.3, 0.4) is 0 Å². The van der Waals surface area contributed by atoms with Gasteiger partial charge in [-0.25, -0.2) is 12.6 Å². The molecule has 11 heavy (non-hydrogen) atoms. The zero-order valence-corrected chi connectivity index (χ0v) is 6.19. The van der Waals surface area contributed by atoms with Crippen molar-refractivity contribution in [3.63, 3.8) is 0 Å². The lowest BCUT2D eigenvalue weighted by Gasteiger charge is -2.04. The first-order chi connectivity index (χ1) is 4.67. The Bertz CT molecular complexity index is 253. The molecule has 1 N–H and O–H groups in total. The standard InChI is InChI=1S/CHF4NO3S2/c2-1(3,4)11(8,9)6-10(5)7/h6H. The Morgan fingerprint density at radius 3 is 1.73 bits per heavy atom. The lowest BCUT2D eigenvalue weighted by Crippen LogP contribution is -2.36. The van der Waals surface area contributed by atoms with Crippen LogP contribution in [0.1, 0.15) is 0 Å². The van der Waals surface area contributed by atoms with Gasteiger partial charge >= 0.3 is 15.5 Å². The summed E-state index contributed by atoms with van der Waals surface area (Å²) in [4.78, 5) is 0. The summed E-state index contributed by atoms with van der Waals surface area (Å²) in [5.41, 5.74) is -5.64. The third-order valence-corrected chi connectivity index (χ3v) is 2.49. The van der Waals surface area contributed by atoms with Crippen molar-refractivity contribution in [3.05, 3.63) is 0 Å². The molecule has 0 amide bonds. The smallest absolute Gasteiger partial charge is 0.206 e. The number of halogens is 4. The summed E-state index contributed by atoms with van der Waals surface area (Å²) in [6, 6.07) is 0. The molecule has 0 aromatic heterocycles. The molecule has 0 heterocycles. The fraction of sp³-hybridized carbons (Fsp3) is 1.00. The zero-order chi connectivity index (χ0) is 9.28. The highest BCUT2D eigenvalue weighted by Gasteiger charge is 2.47. The minimum absolute atomic E-state index is 0.212. The molecule has 0 radical (unpaired) electrons. The van der Waals surface area contributed by atoms with Gasteiger partial charge in [-0.05, 0) is 0 Å². The molecule has 0 rings (SSSR count). The van der Waals surface area contributed by atoms with Crippen molar-refractivity contribution in [3.8, 4) is 0 Å². The van der Waals surface area contributed by atoms with E-state index in [1.807, 2.05) is 0 Å². The average Bonchev–Trinajstić information content (AvgIpc) is 1.56. The summed E-state index contributed by atoms with van der Waals surface area (Å²) in [6.07, 6.45) is 0. The van der Waals surface area contributed by atoms with E-state index in [2.05, 4.69) is 0 Å². The van der Waals surface area contributed by atoms with Crippen LogP contribution in [0.4, 0.5) is 17.1 Å². The molecule has 4 nitrogen and oxygen atoms in total. The maximum absolute atomic E-state index is 11.2. The molecule has 0 aliphatic rings. The Morgan fingerprint density at radius 1 is 1.27 bits per heavy atom. The van der Waals surface area contributed by atoms with Crippen LogP contribution in [0.2, 0.25) is 0 Å². The van der Waals surface area contributed by atoms with Crippen molar-refractivity contribution >= 4 is 21.4 Å². The molecule has 0 saturated heterocycles. The number of rotatable bonds is 2. The second-order valence-corrected chi connectivity index (χ2v) is 3.84. The van der Waals surface area contributed by atoms with E-state index in [1.54, 1.807) is 0 Å². The Morgan fingerprint density at radius 2 is 1.64 bits per heavy atom. The second-order valence-electron chi connectivity index (χ2n) is 1.26. The van der Waals surface area contributed by atoms with Crippen LogP contribution in [-0.4, -0.2) is 18.1 Å². The van der Waals surface area contributed by atoms with Crippen LogP contribution in [0.5, 0.6) is 0 Å². The average molecular weight is 215 g/mol. The molecule has 0 spiro atoms. The fourth-order valence-electron chi connectivity index (χ4n) is 0.133.